The predicted molar refractivity (Wildman–Crippen MR) is 110 cm³/mol. The number of hydrogen-bond donors (Lipinski definition) is 0. The fourth-order valence-electron chi connectivity index (χ4n) is 2.95. The molecule has 26 heavy (non-hydrogen) atoms. The van der Waals surface area contributed by atoms with Crippen LogP contribution in [-0.4, -0.2) is 47.1 Å². The molecule has 2 aromatic heterocycles. The highest BCUT2D eigenvalue weighted by atomic mass is 32.2. The maximum atomic E-state index is 5.99. The molecule has 0 radical (unpaired) electrons. The van der Waals surface area contributed by atoms with Crippen molar-refractivity contribution in [2.75, 3.05) is 25.2 Å². The van der Waals surface area contributed by atoms with E-state index in [9.17, 15) is 0 Å². The van der Waals surface area contributed by atoms with Crippen molar-refractivity contribution in [2.24, 2.45) is 0 Å². The van der Waals surface area contributed by atoms with Gasteiger partial charge in [-0.25, -0.2) is 9.97 Å². The summed E-state index contributed by atoms with van der Waals surface area (Å²) in [4.78, 5) is 11.9. The second-order valence-electron chi connectivity index (χ2n) is 6.58. The molecule has 0 spiro atoms. The summed E-state index contributed by atoms with van der Waals surface area (Å²) in [5.41, 5.74) is 1.20. The van der Waals surface area contributed by atoms with E-state index in [0.717, 1.165) is 21.4 Å². The largest absolute Gasteiger partial charge is 0.370 e. The molecular formula is C18H26N2O3S3. The summed E-state index contributed by atoms with van der Waals surface area (Å²) in [6, 6.07) is 0. The molecule has 8 heteroatoms. The topological polar surface area (TPSA) is 53.5 Å². The Morgan fingerprint density at radius 1 is 1.23 bits per heavy atom. The van der Waals surface area contributed by atoms with Crippen LogP contribution in [-0.2, 0) is 27.2 Å². The average Bonchev–Trinajstić information content (AvgIpc) is 2.96. The summed E-state index contributed by atoms with van der Waals surface area (Å²) in [5.74, 6) is 0.714. The van der Waals surface area contributed by atoms with Crippen LogP contribution in [0.3, 0.4) is 0 Å². The van der Waals surface area contributed by atoms with Crippen LogP contribution in [0.2, 0.25) is 0 Å². The first-order chi connectivity index (χ1) is 12.5. The van der Waals surface area contributed by atoms with Gasteiger partial charge in [0.15, 0.2) is 11.4 Å². The second-order valence-corrected chi connectivity index (χ2v) is 9.44. The van der Waals surface area contributed by atoms with E-state index in [1.807, 2.05) is 20.1 Å². The zero-order valence-electron chi connectivity index (χ0n) is 16.0. The highest BCUT2D eigenvalue weighted by molar-refractivity contribution is 7.99. The molecule has 2 aromatic rings. The smallest absolute Gasteiger partial charge is 0.189 e. The van der Waals surface area contributed by atoms with Gasteiger partial charge >= 0.3 is 0 Å². The fourth-order valence-corrected chi connectivity index (χ4v) is 5.60. The van der Waals surface area contributed by atoms with E-state index < -0.39 is 0 Å². The molecule has 0 saturated heterocycles. The highest BCUT2D eigenvalue weighted by Gasteiger charge is 2.31. The molecule has 0 atom stereocenters. The van der Waals surface area contributed by atoms with E-state index in [0.29, 0.717) is 25.6 Å². The lowest BCUT2D eigenvalue weighted by Crippen LogP contribution is -2.31. The fraction of sp³-hybridized carbons (Fsp3) is 0.667. The van der Waals surface area contributed by atoms with Crippen LogP contribution < -0.4 is 0 Å². The Morgan fingerprint density at radius 2 is 1.96 bits per heavy atom. The Bertz CT molecular complexity index is 758. The number of rotatable bonds is 8. The van der Waals surface area contributed by atoms with E-state index in [2.05, 4.69) is 13.8 Å². The minimum atomic E-state index is -0.216. The van der Waals surface area contributed by atoms with Gasteiger partial charge in [-0.3, -0.25) is 0 Å². The number of thioether (sulfide) groups is 2. The van der Waals surface area contributed by atoms with Crippen molar-refractivity contribution >= 4 is 45.1 Å². The van der Waals surface area contributed by atoms with Crippen molar-refractivity contribution in [1.29, 1.82) is 0 Å². The molecule has 3 heterocycles. The molecule has 0 fully saturated rings. The van der Waals surface area contributed by atoms with Crippen LogP contribution in [0.4, 0.5) is 0 Å². The number of aromatic nitrogens is 2. The summed E-state index contributed by atoms with van der Waals surface area (Å²) in [6.07, 6.45) is 2.68. The molecule has 1 aliphatic heterocycles. The van der Waals surface area contributed by atoms with E-state index in [-0.39, 0.29) is 11.9 Å². The Kier molecular flexibility index (Phi) is 6.85. The predicted octanol–water partition coefficient (Wildman–Crippen LogP) is 4.76. The van der Waals surface area contributed by atoms with Crippen molar-refractivity contribution in [3.05, 3.63) is 10.4 Å². The number of nitrogens with zero attached hydrogens (tertiary/aromatic N) is 2. The molecule has 1 aliphatic rings. The standard InChI is InChI=1S/C18H26N2O3S3/c1-6-21-13(22-7-2)10-25-15-14-11-8-18(3,4)23-9-12(11)26-16(14)20-17(19-15)24-5/h13H,6-10H2,1-5H3. The van der Waals surface area contributed by atoms with Gasteiger partial charge in [0, 0.05) is 29.9 Å². The minimum Gasteiger partial charge on any atom is -0.370 e. The van der Waals surface area contributed by atoms with Crippen molar-refractivity contribution < 1.29 is 14.2 Å². The lowest BCUT2D eigenvalue weighted by molar-refractivity contribution is -0.120. The van der Waals surface area contributed by atoms with Gasteiger partial charge in [0.05, 0.1) is 18.0 Å². The van der Waals surface area contributed by atoms with E-state index >= 15 is 0 Å². The van der Waals surface area contributed by atoms with Crippen molar-refractivity contribution in [1.82, 2.24) is 9.97 Å². The summed E-state index contributed by atoms with van der Waals surface area (Å²) in [5, 5.41) is 3.03. The van der Waals surface area contributed by atoms with Gasteiger partial charge in [0.25, 0.3) is 0 Å². The highest BCUT2D eigenvalue weighted by Crippen LogP contribution is 2.42. The second kappa shape index (κ2) is 8.75. The Labute approximate surface area is 167 Å². The van der Waals surface area contributed by atoms with Crippen molar-refractivity contribution in [3.63, 3.8) is 0 Å². The first-order valence-corrected chi connectivity index (χ1v) is 11.9. The van der Waals surface area contributed by atoms with Crippen LogP contribution in [0, 0.1) is 0 Å². The van der Waals surface area contributed by atoms with Crippen LogP contribution in [0.5, 0.6) is 0 Å². The Balaban J connectivity index is 1.96. The summed E-state index contributed by atoms with van der Waals surface area (Å²) in [7, 11) is 0. The molecule has 5 nitrogen and oxygen atoms in total. The molecule has 0 N–H and O–H groups in total. The third kappa shape index (κ3) is 4.54. The number of hydrogen-bond acceptors (Lipinski definition) is 8. The average molecular weight is 415 g/mol. The van der Waals surface area contributed by atoms with Crippen molar-refractivity contribution in [2.45, 2.75) is 62.8 Å². The SMILES string of the molecule is CCOC(CSc1nc(SC)nc2sc3c(c12)CC(C)(C)OC3)OCC. The van der Waals surface area contributed by atoms with Crippen LogP contribution in [0.15, 0.2) is 10.2 Å². The van der Waals surface area contributed by atoms with E-state index in [4.69, 9.17) is 24.2 Å². The molecule has 0 amide bonds. The normalized spacial score (nSPS) is 16.4. The van der Waals surface area contributed by atoms with Gasteiger partial charge < -0.3 is 14.2 Å². The van der Waals surface area contributed by atoms with Gasteiger partial charge in [-0.15, -0.1) is 23.1 Å². The minimum absolute atomic E-state index is 0.152. The third-order valence-electron chi connectivity index (χ3n) is 4.12. The molecule has 144 valence electrons. The van der Waals surface area contributed by atoms with Gasteiger partial charge in [-0.2, -0.15) is 0 Å². The van der Waals surface area contributed by atoms with Crippen LogP contribution >= 0.6 is 34.9 Å². The summed E-state index contributed by atoms with van der Waals surface area (Å²) < 4.78 is 17.4. The van der Waals surface area contributed by atoms with Crippen LogP contribution in [0.1, 0.15) is 38.1 Å². The monoisotopic (exact) mass is 414 g/mol. The van der Waals surface area contributed by atoms with E-state index in [1.54, 1.807) is 34.9 Å². The van der Waals surface area contributed by atoms with Gasteiger partial charge in [-0.1, -0.05) is 11.8 Å². The maximum Gasteiger partial charge on any atom is 0.189 e. The molecule has 0 aliphatic carbocycles. The summed E-state index contributed by atoms with van der Waals surface area (Å²) >= 11 is 5.01. The molecule has 0 aromatic carbocycles. The molecule has 0 unspecified atom stereocenters. The van der Waals surface area contributed by atoms with Gasteiger partial charge in [0.2, 0.25) is 0 Å². The first kappa shape index (κ1) is 20.4. The Morgan fingerprint density at radius 3 is 2.62 bits per heavy atom. The lowest BCUT2D eigenvalue weighted by atomic mass is 9.95. The molecule has 3 rings (SSSR count). The third-order valence-corrected chi connectivity index (χ3v) is 6.78. The maximum absolute atomic E-state index is 5.99. The molecule has 0 saturated carbocycles. The lowest BCUT2D eigenvalue weighted by Gasteiger charge is -2.30. The van der Waals surface area contributed by atoms with Crippen LogP contribution in [0.25, 0.3) is 10.2 Å². The first-order valence-electron chi connectivity index (χ1n) is 8.83. The summed E-state index contributed by atoms with van der Waals surface area (Å²) in [6.45, 7) is 10.2. The zero-order chi connectivity index (χ0) is 18.7. The number of thiophene rings is 1. The zero-order valence-corrected chi connectivity index (χ0v) is 18.4. The number of fused-ring (bicyclic) bond motifs is 3. The van der Waals surface area contributed by atoms with Gasteiger partial charge in [0.1, 0.15) is 9.86 Å². The Hall–Kier alpha value is -0.380. The van der Waals surface area contributed by atoms with E-state index in [1.165, 1.54) is 15.8 Å². The molecule has 0 bridgehead atoms. The quantitative estimate of drug-likeness (QED) is 0.267. The molecular weight excluding hydrogens is 388 g/mol. The van der Waals surface area contributed by atoms with Gasteiger partial charge in [-0.05, 0) is 39.5 Å². The number of ether oxygens (including phenoxy) is 3. The van der Waals surface area contributed by atoms with Crippen molar-refractivity contribution in [3.8, 4) is 0 Å².